The van der Waals surface area contributed by atoms with E-state index in [0.717, 1.165) is 24.0 Å². The highest BCUT2D eigenvalue weighted by atomic mass is 16.5. The highest BCUT2D eigenvalue weighted by molar-refractivity contribution is 5.73. The maximum Gasteiger partial charge on any atom is 0.344 e. The highest BCUT2D eigenvalue weighted by Gasteiger charge is 2.20. The lowest BCUT2D eigenvalue weighted by Crippen LogP contribution is -2.27. The first-order chi connectivity index (χ1) is 8.99. The van der Waals surface area contributed by atoms with Crippen molar-refractivity contribution in [3.8, 4) is 11.8 Å². The fourth-order valence-electron chi connectivity index (χ4n) is 1.97. The second kappa shape index (κ2) is 6.79. The molecule has 1 atom stereocenters. The molecule has 4 nitrogen and oxygen atoms in total. The Morgan fingerprint density at radius 3 is 2.42 bits per heavy atom. The second-order valence-electron chi connectivity index (χ2n) is 4.64. The van der Waals surface area contributed by atoms with Gasteiger partial charge >= 0.3 is 5.97 Å². The molecule has 0 amide bonds. The van der Waals surface area contributed by atoms with E-state index < -0.39 is 12.1 Å². The zero-order chi connectivity index (χ0) is 14.4. The van der Waals surface area contributed by atoms with Crippen LogP contribution in [0.4, 0.5) is 0 Å². The summed E-state index contributed by atoms with van der Waals surface area (Å²) in [5, 5.41) is 18.0. The van der Waals surface area contributed by atoms with Crippen molar-refractivity contribution in [1.29, 1.82) is 5.26 Å². The monoisotopic (exact) mass is 261 g/mol. The highest BCUT2D eigenvalue weighted by Crippen LogP contribution is 2.26. The van der Waals surface area contributed by atoms with Gasteiger partial charge in [-0.25, -0.2) is 4.79 Å². The van der Waals surface area contributed by atoms with Crippen molar-refractivity contribution in [1.82, 2.24) is 0 Å². The molecule has 102 valence electrons. The van der Waals surface area contributed by atoms with Gasteiger partial charge in [0, 0.05) is 0 Å². The average Bonchev–Trinajstić information content (AvgIpc) is 2.36. The molecular weight excluding hydrogens is 242 g/mol. The molecule has 0 radical (unpaired) electrons. The van der Waals surface area contributed by atoms with Gasteiger partial charge in [0.15, 0.2) is 6.10 Å². The third kappa shape index (κ3) is 3.99. The predicted molar refractivity (Wildman–Crippen MR) is 72.2 cm³/mol. The topological polar surface area (TPSA) is 70.3 Å². The summed E-state index contributed by atoms with van der Waals surface area (Å²) in [4.78, 5) is 11.2. The van der Waals surface area contributed by atoms with Crippen LogP contribution in [0.5, 0.6) is 5.75 Å². The number of nitrogens with zero attached hydrogens (tertiary/aromatic N) is 1. The van der Waals surface area contributed by atoms with Crippen molar-refractivity contribution in [2.45, 2.75) is 46.1 Å². The smallest absolute Gasteiger partial charge is 0.344 e. The standard InChI is InChI=1S/C15H19NO3/c1-4-5-6-13(15(17)18)19-14-10(2)7-12(9-16)8-11(14)3/h7-8,13H,4-6H2,1-3H3,(H,17,18). The molecule has 0 fully saturated rings. The number of carboxylic acids is 1. The summed E-state index contributed by atoms with van der Waals surface area (Å²) in [6, 6.07) is 5.49. The van der Waals surface area contributed by atoms with Gasteiger partial charge in [-0.1, -0.05) is 13.3 Å². The van der Waals surface area contributed by atoms with Crippen LogP contribution in [0.25, 0.3) is 0 Å². The van der Waals surface area contributed by atoms with Crippen molar-refractivity contribution in [2.75, 3.05) is 0 Å². The molecule has 0 aliphatic rings. The Morgan fingerprint density at radius 1 is 1.42 bits per heavy atom. The number of benzene rings is 1. The molecule has 1 unspecified atom stereocenters. The molecule has 0 heterocycles. The number of aryl methyl sites for hydroxylation is 2. The number of aliphatic carboxylic acids is 1. The zero-order valence-electron chi connectivity index (χ0n) is 11.6. The minimum atomic E-state index is -0.948. The number of ether oxygens (including phenoxy) is 1. The third-order valence-corrected chi connectivity index (χ3v) is 2.94. The Morgan fingerprint density at radius 2 is 2.00 bits per heavy atom. The summed E-state index contributed by atoms with van der Waals surface area (Å²) >= 11 is 0. The molecule has 19 heavy (non-hydrogen) atoms. The van der Waals surface area contributed by atoms with Crippen LogP contribution >= 0.6 is 0 Å². The minimum Gasteiger partial charge on any atom is -0.479 e. The van der Waals surface area contributed by atoms with Gasteiger partial charge in [-0.3, -0.25) is 0 Å². The van der Waals surface area contributed by atoms with Crippen LogP contribution in [0.3, 0.4) is 0 Å². The Hall–Kier alpha value is -2.02. The van der Waals surface area contributed by atoms with Crippen LogP contribution in [0.15, 0.2) is 12.1 Å². The van der Waals surface area contributed by atoms with E-state index in [9.17, 15) is 4.79 Å². The van der Waals surface area contributed by atoms with Crippen LogP contribution in [-0.2, 0) is 4.79 Å². The molecule has 0 saturated carbocycles. The number of nitriles is 1. The number of rotatable bonds is 6. The molecule has 0 aliphatic carbocycles. The summed E-state index contributed by atoms with van der Waals surface area (Å²) in [6.45, 7) is 5.65. The predicted octanol–water partition coefficient (Wildman–Crippen LogP) is 3.20. The molecule has 1 rings (SSSR count). The lowest BCUT2D eigenvalue weighted by atomic mass is 10.1. The van der Waals surface area contributed by atoms with Gasteiger partial charge in [0.25, 0.3) is 0 Å². The molecule has 1 N–H and O–H groups in total. The number of hydrogen-bond donors (Lipinski definition) is 1. The van der Waals surface area contributed by atoms with Gasteiger partial charge in [0.05, 0.1) is 11.6 Å². The second-order valence-corrected chi connectivity index (χ2v) is 4.64. The Kier molecular flexibility index (Phi) is 5.37. The van der Waals surface area contributed by atoms with Gasteiger partial charge in [-0.05, 0) is 49.9 Å². The summed E-state index contributed by atoms with van der Waals surface area (Å²) in [5.74, 6) is -0.376. The van der Waals surface area contributed by atoms with Gasteiger partial charge in [0.2, 0.25) is 0 Å². The first kappa shape index (κ1) is 15.0. The Balaban J connectivity index is 2.97. The molecule has 1 aromatic carbocycles. The maximum atomic E-state index is 11.2. The van der Waals surface area contributed by atoms with Crippen molar-refractivity contribution in [3.05, 3.63) is 28.8 Å². The molecule has 1 aromatic rings. The molecule has 4 heteroatoms. The summed E-state index contributed by atoms with van der Waals surface area (Å²) in [7, 11) is 0. The maximum absolute atomic E-state index is 11.2. The van der Waals surface area contributed by atoms with E-state index in [4.69, 9.17) is 15.1 Å². The normalized spacial score (nSPS) is 11.7. The average molecular weight is 261 g/mol. The Labute approximate surface area is 113 Å². The van der Waals surface area contributed by atoms with E-state index in [2.05, 4.69) is 6.07 Å². The fraction of sp³-hybridized carbons (Fsp3) is 0.467. The number of carboxylic acid groups (broad SMARTS) is 1. The quantitative estimate of drug-likeness (QED) is 0.853. The SMILES string of the molecule is CCCCC(Oc1c(C)cc(C#N)cc1C)C(=O)O. The van der Waals surface area contributed by atoms with Crippen LogP contribution in [-0.4, -0.2) is 17.2 Å². The summed E-state index contributed by atoms with van der Waals surface area (Å²) in [6.07, 6.45) is 1.40. The Bertz CT molecular complexity index is 480. The summed E-state index contributed by atoms with van der Waals surface area (Å²) in [5.41, 5.74) is 2.14. The molecule has 0 bridgehead atoms. The lowest BCUT2D eigenvalue weighted by Gasteiger charge is -2.18. The van der Waals surface area contributed by atoms with E-state index in [0.29, 0.717) is 17.7 Å². The molecular formula is C15H19NO3. The van der Waals surface area contributed by atoms with Crippen molar-refractivity contribution < 1.29 is 14.6 Å². The van der Waals surface area contributed by atoms with Crippen molar-refractivity contribution in [3.63, 3.8) is 0 Å². The van der Waals surface area contributed by atoms with Crippen LogP contribution in [0.1, 0.15) is 42.9 Å². The van der Waals surface area contributed by atoms with E-state index in [1.54, 1.807) is 12.1 Å². The third-order valence-electron chi connectivity index (χ3n) is 2.94. The molecule has 0 aliphatic heterocycles. The van der Waals surface area contributed by atoms with Gasteiger partial charge < -0.3 is 9.84 Å². The van der Waals surface area contributed by atoms with E-state index in [1.807, 2.05) is 20.8 Å². The molecule has 0 spiro atoms. The zero-order valence-corrected chi connectivity index (χ0v) is 11.6. The van der Waals surface area contributed by atoms with Crippen molar-refractivity contribution >= 4 is 5.97 Å². The number of unbranched alkanes of at least 4 members (excludes halogenated alkanes) is 1. The number of hydrogen-bond acceptors (Lipinski definition) is 3. The first-order valence-electron chi connectivity index (χ1n) is 6.40. The summed E-state index contributed by atoms with van der Waals surface area (Å²) < 4.78 is 5.63. The van der Waals surface area contributed by atoms with Crippen LogP contribution < -0.4 is 4.74 Å². The minimum absolute atomic E-state index is 0.491. The van der Waals surface area contributed by atoms with Crippen LogP contribution in [0.2, 0.25) is 0 Å². The molecule has 0 aromatic heterocycles. The first-order valence-corrected chi connectivity index (χ1v) is 6.40. The van der Waals surface area contributed by atoms with Crippen molar-refractivity contribution in [2.24, 2.45) is 0 Å². The van der Waals surface area contributed by atoms with Gasteiger partial charge in [0.1, 0.15) is 5.75 Å². The van der Waals surface area contributed by atoms with E-state index in [-0.39, 0.29) is 0 Å². The van der Waals surface area contributed by atoms with E-state index >= 15 is 0 Å². The largest absolute Gasteiger partial charge is 0.479 e. The van der Waals surface area contributed by atoms with Gasteiger partial charge in [-0.15, -0.1) is 0 Å². The number of carbonyl (C=O) groups is 1. The van der Waals surface area contributed by atoms with Crippen LogP contribution in [0, 0.1) is 25.2 Å². The molecule has 0 saturated heterocycles. The van der Waals surface area contributed by atoms with Gasteiger partial charge in [-0.2, -0.15) is 5.26 Å². The van der Waals surface area contributed by atoms with E-state index in [1.165, 1.54) is 0 Å². The fourth-order valence-corrected chi connectivity index (χ4v) is 1.97. The lowest BCUT2D eigenvalue weighted by molar-refractivity contribution is -0.145.